The lowest BCUT2D eigenvalue weighted by atomic mass is 9.89. The molecule has 32 heavy (non-hydrogen) atoms. The fourth-order valence-electron chi connectivity index (χ4n) is 5.98. The first-order valence-corrected chi connectivity index (χ1v) is 12.9. The highest BCUT2D eigenvalue weighted by Crippen LogP contribution is 2.28. The van der Waals surface area contributed by atoms with Crippen molar-refractivity contribution in [2.24, 2.45) is 5.92 Å². The molecule has 0 radical (unpaired) electrons. The Kier molecular flexibility index (Phi) is 8.66. The van der Waals surface area contributed by atoms with Crippen molar-refractivity contribution < 1.29 is 19.4 Å². The monoisotopic (exact) mass is 450 g/mol. The molecule has 4 fully saturated rings. The summed E-state index contributed by atoms with van der Waals surface area (Å²) in [5.74, 6) is 0.000680. The molecule has 8 nitrogen and oxygen atoms in total. The van der Waals surface area contributed by atoms with E-state index in [0.717, 1.165) is 57.6 Å². The van der Waals surface area contributed by atoms with Crippen LogP contribution in [0.1, 0.15) is 57.8 Å². The Morgan fingerprint density at radius 3 is 2.28 bits per heavy atom. The summed E-state index contributed by atoms with van der Waals surface area (Å²) in [5.41, 5.74) is 0. The first kappa shape index (κ1) is 23.8. The molecule has 3 aliphatic heterocycles. The molecule has 8 heteroatoms. The van der Waals surface area contributed by atoms with Crippen LogP contribution in [0.15, 0.2) is 0 Å². The average Bonchev–Trinajstić information content (AvgIpc) is 3.17. The number of piperazine rings is 1. The predicted molar refractivity (Wildman–Crippen MR) is 123 cm³/mol. The molecule has 0 aromatic carbocycles. The molecule has 182 valence electrons. The Labute approximate surface area is 192 Å². The van der Waals surface area contributed by atoms with E-state index in [-0.39, 0.29) is 18.6 Å². The summed E-state index contributed by atoms with van der Waals surface area (Å²) in [6.45, 7) is 9.01. The van der Waals surface area contributed by atoms with Crippen molar-refractivity contribution in [1.82, 2.24) is 19.6 Å². The maximum atomic E-state index is 12.4. The summed E-state index contributed by atoms with van der Waals surface area (Å²) in [7, 11) is 0. The number of nitrogens with zero attached hydrogens (tertiary/aromatic N) is 4. The molecule has 1 atom stereocenters. The highest BCUT2D eigenvalue weighted by molar-refractivity contribution is 5.69. The highest BCUT2D eigenvalue weighted by atomic mass is 16.6. The number of carbonyl (C=O) groups is 2. The quantitative estimate of drug-likeness (QED) is 0.578. The number of carboxylic acids is 1. The molecule has 1 saturated carbocycles. The van der Waals surface area contributed by atoms with Gasteiger partial charge < -0.3 is 24.5 Å². The maximum Gasteiger partial charge on any atom is 0.410 e. The van der Waals surface area contributed by atoms with Crippen LogP contribution in [-0.2, 0) is 9.53 Å². The van der Waals surface area contributed by atoms with Crippen molar-refractivity contribution in [2.45, 2.75) is 69.9 Å². The molecule has 0 aromatic heterocycles. The number of likely N-dealkylation sites (tertiary alicyclic amines) is 1. The van der Waals surface area contributed by atoms with E-state index < -0.39 is 5.97 Å². The largest absolute Gasteiger partial charge is 0.481 e. The van der Waals surface area contributed by atoms with Crippen LogP contribution in [0.3, 0.4) is 0 Å². The Bertz CT molecular complexity index is 611. The molecule has 1 N–H and O–H groups in total. The smallest absolute Gasteiger partial charge is 0.410 e. The molecule has 0 aromatic rings. The van der Waals surface area contributed by atoms with Crippen LogP contribution in [0.4, 0.5) is 4.79 Å². The SMILES string of the molecule is O=C(O)CCN1CCN(CC2CN(CCC3CCN(C4CCCCC4)CC3)C(=O)O2)CC1. The zero-order valence-corrected chi connectivity index (χ0v) is 19.6. The van der Waals surface area contributed by atoms with Gasteiger partial charge in [0.15, 0.2) is 0 Å². The number of cyclic esters (lactones) is 1. The van der Waals surface area contributed by atoms with Crippen LogP contribution >= 0.6 is 0 Å². The second-order valence-corrected chi connectivity index (χ2v) is 10.3. The average molecular weight is 451 g/mol. The molecule has 0 spiro atoms. The fraction of sp³-hybridized carbons (Fsp3) is 0.917. The number of carbonyl (C=O) groups excluding carboxylic acids is 1. The third-order valence-corrected chi connectivity index (χ3v) is 8.07. The number of aliphatic carboxylic acids is 1. The molecule has 1 unspecified atom stereocenters. The number of carboxylic acid groups (broad SMARTS) is 1. The Morgan fingerprint density at radius 1 is 0.906 bits per heavy atom. The number of amides is 1. The number of ether oxygens (including phenoxy) is 1. The molecule has 3 heterocycles. The molecule has 1 amide bonds. The predicted octanol–water partition coefficient (Wildman–Crippen LogP) is 2.33. The van der Waals surface area contributed by atoms with Gasteiger partial charge in [0.2, 0.25) is 0 Å². The van der Waals surface area contributed by atoms with Crippen LogP contribution in [0.5, 0.6) is 0 Å². The zero-order chi connectivity index (χ0) is 22.3. The van der Waals surface area contributed by atoms with E-state index in [2.05, 4.69) is 14.7 Å². The number of hydrogen-bond acceptors (Lipinski definition) is 6. The summed E-state index contributed by atoms with van der Waals surface area (Å²) in [6.07, 6.45) is 10.7. The second kappa shape index (κ2) is 11.7. The maximum absolute atomic E-state index is 12.4. The third-order valence-electron chi connectivity index (χ3n) is 8.07. The number of hydrogen-bond donors (Lipinski definition) is 1. The Hall–Kier alpha value is -1.38. The minimum absolute atomic E-state index is 0.0405. The highest BCUT2D eigenvalue weighted by Gasteiger charge is 2.34. The van der Waals surface area contributed by atoms with Crippen LogP contribution in [0, 0.1) is 5.92 Å². The molecular weight excluding hydrogens is 408 g/mol. The van der Waals surface area contributed by atoms with Crippen molar-refractivity contribution in [3.05, 3.63) is 0 Å². The first-order chi connectivity index (χ1) is 15.6. The molecule has 4 rings (SSSR count). The van der Waals surface area contributed by atoms with Gasteiger partial charge >= 0.3 is 12.1 Å². The number of piperidine rings is 1. The van der Waals surface area contributed by atoms with Gasteiger partial charge in [0.25, 0.3) is 0 Å². The Balaban J connectivity index is 1.10. The van der Waals surface area contributed by atoms with Gasteiger partial charge in [-0.15, -0.1) is 0 Å². The topological polar surface area (TPSA) is 76.6 Å². The van der Waals surface area contributed by atoms with Crippen molar-refractivity contribution >= 4 is 12.1 Å². The molecule has 3 saturated heterocycles. The van der Waals surface area contributed by atoms with Gasteiger partial charge in [-0.25, -0.2) is 4.79 Å². The van der Waals surface area contributed by atoms with E-state index >= 15 is 0 Å². The van der Waals surface area contributed by atoms with Crippen LogP contribution in [0.2, 0.25) is 0 Å². The molecule has 0 bridgehead atoms. The zero-order valence-electron chi connectivity index (χ0n) is 19.6. The standard InChI is InChI=1S/C24H42N4O4/c29-23(30)9-10-25-14-16-26(17-15-25)18-22-19-28(24(31)32-22)13-8-20-6-11-27(12-7-20)21-4-2-1-3-5-21/h20-22H,1-19H2,(H,29,30). The first-order valence-electron chi connectivity index (χ1n) is 12.9. The number of rotatable bonds is 9. The summed E-state index contributed by atoms with van der Waals surface area (Å²) in [5, 5.41) is 8.84. The van der Waals surface area contributed by atoms with Crippen LogP contribution in [-0.4, -0.2) is 114 Å². The Morgan fingerprint density at radius 2 is 1.59 bits per heavy atom. The van der Waals surface area contributed by atoms with Gasteiger partial charge in [-0.05, 0) is 51.1 Å². The molecule has 4 aliphatic rings. The van der Waals surface area contributed by atoms with E-state index in [4.69, 9.17) is 9.84 Å². The van der Waals surface area contributed by atoms with Gasteiger partial charge in [-0.3, -0.25) is 9.69 Å². The fourth-order valence-corrected chi connectivity index (χ4v) is 5.98. The van der Waals surface area contributed by atoms with Crippen molar-refractivity contribution in [1.29, 1.82) is 0 Å². The van der Waals surface area contributed by atoms with E-state index in [1.807, 2.05) is 4.90 Å². The van der Waals surface area contributed by atoms with E-state index in [1.54, 1.807) is 0 Å². The lowest BCUT2D eigenvalue weighted by Crippen LogP contribution is -2.49. The third kappa shape index (κ3) is 6.81. The van der Waals surface area contributed by atoms with E-state index in [1.165, 1.54) is 58.0 Å². The molecule has 1 aliphatic carbocycles. The van der Waals surface area contributed by atoms with Crippen LogP contribution in [0.25, 0.3) is 0 Å². The second-order valence-electron chi connectivity index (χ2n) is 10.3. The van der Waals surface area contributed by atoms with Crippen molar-refractivity contribution in [3.8, 4) is 0 Å². The van der Waals surface area contributed by atoms with Crippen LogP contribution < -0.4 is 0 Å². The van der Waals surface area contributed by atoms with Gasteiger partial charge in [0.05, 0.1) is 13.0 Å². The molecular formula is C24H42N4O4. The van der Waals surface area contributed by atoms with Gasteiger partial charge in [0, 0.05) is 51.9 Å². The normalized spacial score (nSPS) is 27.7. The minimum atomic E-state index is -0.736. The van der Waals surface area contributed by atoms with E-state index in [9.17, 15) is 9.59 Å². The van der Waals surface area contributed by atoms with E-state index in [0.29, 0.717) is 13.1 Å². The minimum Gasteiger partial charge on any atom is -0.481 e. The summed E-state index contributed by atoms with van der Waals surface area (Å²) >= 11 is 0. The summed E-state index contributed by atoms with van der Waals surface area (Å²) in [4.78, 5) is 32.3. The lowest BCUT2D eigenvalue weighted by molar-refractivity contribution is -0.137. The lowest BCUT2D eigenvalue weighted by Gasteiger charge is -2.39. The van der Waals surface area contributed by atoms with Crippen molar-refractivity contribution in [2.75, 3.05) is 65.4 Å². The summed E-state index contributed by atoms with van der Waals surface area (Å²) < 4.78 is 5.66. The summed E-state index contributed by atoms with van der Waals surface area (Å²) in [6, 6.07) is 0.832. The van der Waals surface area contributed by atoms with Gasteiger partial charge in [0.1, 0.15) is 6.10 Å². The van der Waals surface area contributed by atoms with Crippen molar-refractivity contribution in [3.63, 3.8) is 0 Å². The van der Waals surface area contributed by atoms with Gasteiger partial charge in [-0.2, -0.15) is 0 Å². The van der Waals surface area contributed by atoms with Gasteiger partial charge in [-0.1, -0.05) is 19.3 Å².